The van der Waals surface area contributed by atoms with Gasteiger partial charge in [0.1, 0.15) is 0 Å². The zero-order chi connectivity index (χ0) is 15.0. The molecule has 0 saturated heterocycles. The number of nitrogens with one attached hydrogen (secondary N) is 1. The highest BCUT2D eigenvalue weighted by Gasteiger charge is 2.24. The van der Waals surface area contributed by atoms with Crippen LogP contribution in [0.2, 0.25) is 5.02 Å². The van der Waals surface area contributed by atoms with E-state index in [-0.39, 0.29) is 11.9 Å². The van der Waals surface area contributed by atoms with E-state index in [0.29, 0.717) is 10.6 Å². The Morgan fingerprint density at radius 2 is 2.10 bits per heavy atom. The van der Waals surface area contributed by atoms with Crippen molar-refractivity contribution in [1.29, 1.82) is 0 Å². The van der Waals surface area contributed by atoms with Gasteiger partial charge in [0.2, 0.25) is 0 Å². The van der Waals surface area contributed by atoms with Crippen molar-refractivity contribution in [3.8, 4) is 0 Å². The number of hydrogen-bond donors (Lipinski definition) is 2. The summed E-state index contributed by atoms with van der Waals surface area (Å²) in [6, 6.07) is 11.3. The van der Waals surface area contributed by atoms with Gasteiger partial charge in [0.05, 0.1) is 11.1 Å². The Morgan fingerprint density at radius 3 is 2.86 bits per heavy atom. The lowest BCUT2D eigenvalue weighted by atomic mass is 10.1. The standard InChI is InChI=1S/C16H14ClIN2O/c17-13-8-10(1-5-14(13)18)16(21)20-15-6-2-9-7-11(19)3-4-12(9)15/h1,3-5,7-8,15H,2,6,19H2,(H,20,21). The van der Waals surface area contributed by atoms with Gasteiger partial charge in [-0.1, -0.05) is 17.7 Å². The lowest BCUT2D eigenvalue weighted by molar-refractivity contribution is 0.0936. The van der Waals surface area contributed by atoms with Gasteiger partial charge >= 0.3 is 0 Å². The number of rotatable bonds is 2. The molecule has 1 aliphatic rings. The van der Waals surface area contributed by atoms with E-state index in [2.05, 4.69) is 27.9 Å². The van der Waals surface area contributed by atoms with Crippen LogP contribution in [0.15, 0.2) is 36.4 Å². The number of nitrogen functional groups attached to an aromatic ring is 1. The van der Waals surface area contributed by atoms with Crippen molar-refractivity contribution in [3.63, 3.8) is 0 Å². The number of aryl methyl sites for hydroxylation is 1. The first-order valence-electron chi connectivity index (χ1n) is 6.69. The minimum absolute atomic E-state index is 0.0474. The van der Waals surface area contributed by atoms with E-state index in [0.717, 1.165) is 27.7 Å². The smallest absolute Gasteiger partial charge is 0.251 e. The third kappa shape index (κ3) is 3.01. The zero-order valence-electron chi connectivity index (χ0n) is 11.2. The number of halogens is 2. The van der Waals surface area contributed by atoms with Crippen molar-refractivity contribution in [2.45, 2.75) is 18.9 Å². The molecule has 0 bridgehead atoms. The first-order valence-corrected chi connectivity index (χ1v) is 8.14. The van der Waals surface area contributed by atoms with Crippen LogP contribution in [0.5, 0.6) is 0 Å². The maximum absolute atomic E-state index is 12.3. The number of amides is 1. The summed E-state index contributed by atoms with van der Waals surface area (Å²) in [6.45, 7) is 0. The quantitative estimate of drug-likeness (QED) is 0.580. The summed E-state index contributed by atoms with van der Waals surface area (Å²) in [5.41, 5.74) is 9.54. The molecule has 108 valence electrons. The van der Waals surface area contributed by atoms with Crippen LogP contribution in [0.1, 0.15) is 33.9 Å². The van der Waals surface area contributed by atoms with Crippen LogP contribution in [0.25, 0.3) is 0 Å². The van der Waals surface area contributed by atoms with Crippen LogP contribution in [-0.2, 0) is 6.42 Å². The third-order valence-electron chi connectivity index (χ3n) is 3.73. The van der Waals surface area contributed by atoms with Gasteiger partial charge in [0.15, 0.2) is 0 Å². The predicted octanol–water partition coefficient (Wildman–Crippen LogP) is 3.94. The van der Waals surface area contributed by atoms with Gasteiger partial charge < -0.3 is 11.1 Å². The lowest BCUT2D eigenvalue weighted by Crippen LogP contribution is -2.27. The molecule has 1 aliphatic carbocycles. The molecule has 3 nitrogen and oxygen atoms in total. The number of anilines is 1. The molecule has 5 heteroatoms. The highest BCUT2D eigenvalue weighted by atomic mass is 127. The normalized spacial score (nSPS) is 16.6. The zero-order valence-corrected chi connectivity index (χ0v) is 14.1. The van der Waals surface area contributed by atoms with Crippen LogP contribution in [0.3, 0.4) is 0 Å². The van der Waals surface area contributed by atoms with Crippen LogP contribution in [0, 0.1) is 3.57 Å². The van der Waals surface area contributed by atoms with E-state index in [4.69, 9.17) is 17.3 Å². The number of benzene rings is 2. The SMILES string of the molecule is Nc1ccc2c(c1)CCC2NC(=O)c1ccc(I)c(Cl)c1. The molecule has 1 atom stereocenters. The molecule has 1 unspecified atom stereocenters. The Hall–Kier alpha value is -1.27. The molecule has 2 aromatic rings. The highest BCUT2D eigenvalue weighted by molar-refractivity contribution is 14.1. The minimum Gasteiger partial charge on any atom is -0.399 e. The second-order valence-electron chi connectivity index (χ2n) is 5.15. The summed E-state index contributed by atoms with van der Waals surface area (Å²) in [4.78, 5) is 12.3. The van der Waals surface area contributed by atoms with Gasteiger partial charge in [-0.15, -0.1) is 0 Å². The summed E-state index contributed by atoms with van der Waals surface area (Å²) in [5, 5.41) is 3.68. The molecule has 2 aromatic carbocycles. The van der Waals surface area contributed by atoms with Crippen molar-refractivity contribution < 1.29 is 4.79 Å². The van der Waals surface area contributed by atoms with Crippen molar-refractivity contribution in [1.82, 2.24) is 5.32 Å². The topological polar surface area (TPSA) is 55.1 Å². The number of carbonyl (C=O) groups excluding carboxylic acids is 1. The van der Waals surface area contributed by atoms with Gasteiger partial charge in [-0.05, 0) is 76.9 Å². The second-order valence-corrected chi connectivity index (χ2v) is 6.72. The average Bonchev–Trinajstić information content (AvgIpc) is 2.84. The fraction of sp³-hybridized carbons (Fsp3) is 0.188. The third-order valence-corrected chi connectivity index (χ3v) is 5.30. The minimum atomic E-state index is -0.0945. The Balaban J connectivity index is 1.79. The summed E-state index contributed by atoms with van der Waals surface area (Å²) >= 11 is 8.21. The van der Waals surface area contributed by atoms with E-state index >= 15 is 0 Å². The first-order chi connectivity index (χ1) is 10.0. The molecular weight excluding hydrogens is 399 g/mol. The molecule has 1 amide bonds. The Labute approximate surface area is 142 Å². The fourth-order valence-corrected chi connectivity index (χ4v) is 3.18. The first kappa shape index (κ1) is 14.7. The highest BCUT2D eigenvalue weighted by Crippen LogP contribution is 2.32. The lowest BCUT2D eigenvalue weighted by Gasteiger charge is -2.14. The molecule has 0 fully saturated rings. The van der Waals surface area contributed by atoms with E-state index in [1.165, 1.54) is 5.56 Å². The largest absolute Gasteiger partial charge is 0.399 e. The summed E-state index contributed by atoms with van der Waals surface area (Å²) in [6.07, 6.45) is 1.85. The summed E-state index contributed by atoms with van der Waals surface area (Å²) in [7, 11) is 0. The molecular formula is C16H14ClIN2O. The molecule has 3 rings (SSSR count). The van der Waals surface area contributed by atoms with Crippen LogP contribution in [0.4, 0.5) is 5.69 Å². The monoisotopic (exact) mass is 412 g/mol. The van der Waals surface area contributed by atoms with Gasteiger partial charge in [-0.2, -0.15) is 0 Å². The van der Waals surface area contributed by atoms with Crippen molar-refractivity contribution in [3.05, 3.63) is 61.7 Å². The molecule has 0 saturated carbocycles. The average molecular weight is 413 g/mol. The number of nitrogens with two attached hydrogens (primary N) is 1. The second kappa shape index (κ2) is 5.85. The van der Waals surface area contributed by atoms with E-state index < -0.39 is 0 Å². The Morgan fingerprint density at radius 1 is 1.29 bits per heavy atom. The van der Waals surface area contributed by atoms with Gasteiger partial charge in [-0.3, -0.25) is 4.79 Å². The molecule has 0 radical (unpaired) electrons. The van der Waals surface area contributed by atoms with E-state index in [1.54, 1.807) is 12.1 Å². The van der Waals surface area contributed by atoms with E-state index in [9.17, 15) is 4.79 Å². The van der Waals surface area contributed by atoms with Crippen LogP contribution < -0.4 is 11.1 Å². The Bertz CT molecular complexity index is 717. The van der Waals surface area contributed by atoms with Gasteiger partial charge in [-0.25, -0.2) is 0 Å². The predicted molar refractivity (Wildman–Crippen MR) is 93.6 cm³/mol. The molecule has 0 spiro atoms. The number of carbonyl (C=O) groups is 1. The molecule has 21 heavy (non-hydrogen) atoms. The maximum Gasteiger partial charge on any atom is 0.251 e. The van der Waals surface area contributed by atoms with Crippen molar-refractivity contribution in [2.24, 2.45) is 0 Å². The molecule has 0 aliphatic heterocycles. The van der Waals surface area contributed by atoms with Crippen LogP contribution >= 0.6 is 34.2 Å². The number of hydrogen-bond acceptors (Lipinski definition) is 2. The molecule has 3 N–H and O–H groups in total. The van der Waals surface area contributed by atoms with Crippen molar-refractivity contribution >= 4 is 45.8 Å². The van der Waals surface area contributed by atoms with Crippen molar-refractivity contribution in [2.75, 3.05) is 5.73 Å². The van der Waals surface area contributed by atoms with Gasteiger partial charge in [0, 0.05) is 14.8 Å². The fourth-order valence-electron chi connectivity index (χ4n) is 2.67. The van der Waals surface area contributed by atoms with Crippen LogP contribution in [-0.4, -0.2) is 5.91 Å². The summed E-state index contributed by atoms with van der Waals surface area (Å²) < 4.78 is 0.938. The van der Waals surface area contributed by atoms with E-state index in [1.807, 2.05) is 24.3 Å². The number of fused-ring (bicyclic) bond motifs is 1. The maximum atomic E-state index is 12.3. The molecule has 0 heterocycles. The molecule has 0 aromatic heterocycles. The Kier molecular flexibility index (Phi) is 4.08. The summed E-state index contributed by atoms with van der Waals surface area (Å²) in [5.74, 6) is -0.0945. The van der Waals surface area contributed by atoms with Gasteiger partial charge in [0.25, 0.3) is 5.91 Å².